The minimum absolute atomic E-state index is 0.442. The van der Waals surface area contributed by atoms with Crippen LogP contribution >= 0.6 is 0 Å². The van der Waals surface area contributed by atoms with Gasteiger partial charge in [0, 0.05) is 12.1 Å². The lowest BCUT2D eigenvalue weighted by Crippen LogP contribution is -2.18. The van der Waals surface area contributed by atoms with Crippen LogP contribution in [-0.2, 0) is 4.79 Å². The second-order valence-electron chi connectivity index (χ2n) is 3.24. The van der Waals surface area contributed by atoms with Crippen molar-refractivity contribution < 1.29 is 30.0 Å². The summed E-state index contributed by atoms with van der Waals surface area (Å²) < 4.78 is 0. The van der Waals surface area contributed by atoms with Crippen molar-refractivity contribution in [1.82, 2.24) is 0 Å². The van der Waals surface area contributed by atoms with Crippen molar-refractivity contribution >= 4 is 17.3 Å². The van der Waals surface area contributed by atoms with E-state index in [1.165, 1.54) is 0 Å². The van der Waals surface area contributed by atoms with Gasteiger partial charge in [0.25, 0.3) is 0 Å². The monoisotopic (exact) mass is 222 g/mol. The predicted octanol–water partition coefficient (Wildman–Crippen LogP) is 0.468. The maximum absolute atomic E-state index is 11.4. The van der Waals surface area contributed by atoms with Crippen molar-refractivity contribution in [2.45, 2.75) is 0 Å². The second kappa shape index (κ2) is 2.99. The Kier molecular flexibility index (Phi) is 1.88. The number of aliphatic hydroxyl groups is 1. The minimum Gasteiger partial charge on any atom is -0.507 e. The summed E-state index contributed by atoms with van der Waals surface area (Å²) in [5.74, 6) is -4.88. The number of rotatable bonds is 0. The highest BCUT2D eigenvalue weighted by atomic mass is 16.3. The summed E-state index contributed by atoms with van der Waals surface area (Å²) in [6, 6.07) is 0.720. The molecule has 0 saturated heterocycles. The van der Waals surface area contributed by atoms with Gasteiger partial charge in [-0.3, -0.25) is 9.59 Å². The molecule has 16 heavy (non-hydrogen) atoms. The fourth-order valence-electron chi connectivity index (χ4n) is 1.51. The van der Waals surface area contributed by atoms with E-state index in [4.69, 9.17) is 0 Å². The van der Waals surface area contributed by atoms with Gasteiger partial charge < -0.3 is 20.4 Å². The molecular formula is C10H6O6. The van der Waals surface area contributed by atoms with E-state index in [1.54, 1.807) is 0 Å². The Bertz CT molecular complexity index is 555. The van der Waals surface area contributed by atoms with Gasteiger partial charge in [0.15, 0.2) is 11.5 Å². The molecule has 0 fully saturated rings. The topological polar surface area (TPSA) is 115 Å². The fraction of sp³-hybridized carbons (Fsp3) is 0. The van der Waals surface area contributed by atoms with Crippen LogP contribution in [0.3, 0.4) is 0 Å². The van der Waals surface area contributed by atoms with Gasteiger partial charge in [0.1, 0.15) is 11.5 Å². The molecule has 1 aliphatic carbocycles. The number of carbonyl (C=O) groups is 2. The van der Waals surface area contributed by atoms with Crippen LogP contribution in [0.4, 0.5) is 0 Å². The normalized spacial score (nSPS) is 14.6. The molecule has 0 aromatic heterocycles. The van der Waals surface area contributed by atoms with E-state index < -0.39 is 45.7 Å². The molecule has 6 nitrogen and oxygen atoms in total. The number of allylic oxidation sites excluding steroid dienone is 1. The summed E-state index contributed by atoms with van der Waals surface area (Å²) in [6.07, 6.45) is 0.614. The third kappa shape index (κ3) is 1.13. The van der Waals surface area contributed by atoms with E-state index in [2.05, 4.69) is 0 Å². The van der Waals surface area contributed by atoms with Crippen molar-refractivity contribution in [2.24, 2.45) is 0 Å². The van der Waals surface area contributed by atoms with Gasteiger partial charge in [0.2, 0.25) is 11.6 Å². The Labute approximate surface area is 88.7 Å². The molecule has 1 aliphatic rings. The van der Waals surface area contributed by atoms with E-state index >= 15 is 0 Å². The number of phenols is 3. The Balaban J connectivity index is 2.90. The summed E-state index contributed by atoms with van der Waals surface area (Å²) in [5, 5.41) is 37.4. The van der Waals surface area contributed by atoms with Gasteiger partial charge in [0.05, 0.1) is 11.1 Å². The number of carbonyl (C=O) groups excluding carboxylic acids is 2. The number of benzene rings is 1. The van der Waals surface area contributed by atoms with Crippen molar-refractivity contribution in [1.29, 1.82) is 0 Å². The van der Waals surface area contributed by atoms with Crippen LogP contribution in [-0.4, -0.2) is 32.0 Å². The maximum Gasteiger partial charge on any atom is 0.237 e. The number of Topliss-reactive ketones (excluding diaryl/α,β-unsaturated/α-hetero) is 1. The Morgan fingerprint density at radius 2 is 1.50 bits per heavy atom. The Hall–Kier alpha value is -2.50. The largest absolute Gasteiger partial charge is 0.507 e. The first-order valence-corrected chi connectivity index (χ1v) is 4.21. The fourth-order valence-corrected chi connectivity index (χ4v) is 1.51. The van der Waals surface area contributed by atoms with Crippen LogP contribution in [0.25, 0.3) is 5.76 Å². The molecule has 82 valence electrons. The summed E-state index contributed by atoms with van der Waals surface area (Å²) in [7, 11) is 0. The van der Waals surface area contributed by atoms with Crippen LogP contribution in [0.1, 0.15) is 15.9 Å². The van der Waals surface area contributed by atoms with Gasteiger partial charge in [-0.15, -0.1) is 0 Å². The minimum atomic E-state index is -1.06. The SMILES string of the molecule is O=C1C=C(O)c2c(O)c(O)cc(O)c2C1=O. The van der Waals surface area contributed by atoms with E-state index in [0.29, 0.717) is 6.08 Å². The third-order valence-electron chi connectivity index (χ3n) is 2.23. The standard InChI is InChI=1S/C10H6O6/c11-3-1-5(13)9(15)8-4(12)2-6(14)10(16)7(3)8/h1-2,11-13,15H. The highest BCUT2D eigenvalue weighted by Crippen LogP contribution is 2.42. The van der Waals surface area contributed by atoms with Gasteiger partial charge in [-0.25, -0.2) is 0 Å². The molecule has 0 saturated carbocycles. The molecule has 0 spiro atoms. The van der Waals surface area contributed by atoms with E-state index in [1.807, 2.05) is 0 Å². The van der Waals surface area contributed by atoms with Gasteiger partial charge in [-0.2, -0.15) is 0 Å². The molecule has 0 amide bonds. The molecule has 2 rings (SSSR count). The number of hydrogen-bond acceptors (Lipinski definition) is 6. The lowest BCUT2D eigenvalue weighted by Gasteiger charge is -2.15. The van der Waals surface area contributed by atoms with Crippen molar-refractivity contribution in [2.75, 3.05) is 0 Å². The number of aliphatic hydroxyl groups excluding tert-OH is 1. The summed E-state index contributed by atoms with van der Waals surface area (Å²) in [5.41, 5.74) is -0.956. The number of phenolic OH excluding ortho intramolecular Hbond substituents is 3. The lowest BCUT2D eigenvalue weighted by atomic mass is 9.92. The Morgan fingerprint density at radius 1 is 0.875 bits per heavy atom. The van der Waals surface area contributed by atoms with E-state index in [9.17, 15) is 30.0 Å². The van der Waals surface area contributed by atoms with Crippen LogP contribution < -0.4 is 0 Å². The van der Waals surface area contributed by atoms with E-state index in [0.717, 1.165) is 6.07 Å². The van der Waals surface area contributed by atoms with Crippen molar-refractivity contribution in [3.05, 3.63) is 23.3 Å². The average molecular weight is 222 g/mol. The highest BCUT2D eigenvalue weighted by Gasteiger charge is 2.32. The van der Waals surface area contributed by atoms with Crippen LogP contribution in [0.15, 0.2) is 12.1 Å². The highest BCUT2D eigenvalue weighted by molar-refractivity contribution is 6.51. The molecule has 0 bridgehead atoms. The predicted molar refractivity (Wildman–Crippen MR) is 51.4 cm³/mol. The van der Waals surface area contributed by atoms with Crippen molar-refractivity contribution in [3.63, 3.8) is 0 Å². The Morgan fingerprint density at radius 3 is 2.12 bits per heavy atom. The molecule has 6 heteroatoms. The van der Waals surface area contributed by atoms with Gasteiger partial charge in [-0.05, 0) is 0 Å². The third-order valence-corrected chi connectivity index (χ3v) is 2.23. The summed E-state index contributed by atoms with van der Waals surface area (Å²) in [6.45, 7) is 0. The van der Waals surface area contributed by atoms with Crippen LogP contribution in [0.2, 0.25) is 0 Å². The average Bonchev–Trinajstić information content (AvgIpc) is 2.20. The summed E-state index contributed by atoms with van der Waals surface area (Å²) in [4.78, 5) is 22.5. The zero-order valence-electron chi connectivity index (χ0n) is 7.76. The second-order valence-corrected chi connectivity index (χ2v) is 3.24. The molecule has 0 heterocycles. The molecule has 0 unspecified atom stereocenters. The molecule has 0 atom stereocenters. The maximum atomic E-state index is 11.4. The van der Waals surface area contributed by atoms with Gasteiger partial charge in [-0.1, -0.05) is 0 Å². The molecule has 4 N–H and O–H groups in total. The van der Waals surface area contributed by atoms with Gasteiger partial charge >= 0.3 is 0 Å². The number of aromatic hydroxyl groups is 3. The molecule has 1 aromatic rings. The zero-order valence-corrected chi connectivity index (χ0v) is 7.76. The molecule has 0 aliphatic heterocycles. The number of fused-ring (bicyclic) bond motifs is 1. The first-order valence-electron chi connectivity index (χ1n) is 4.21. The summed E-state index contributed by atoms with van der Waals surface area (Å²) >= 11 is 0. The molecule has 0 radical (unpaired) electrons. The molecule has 1 aromatic carbocycles. The van der Waals surface area contributed by atoms with Crippen LogP contribution in [0, 0.1) is 0 Å². The van der Waals surface area contributed by atoms with Crippen molar-refractivity contribution in [3.8, 4) is 17.2 Å². The lowest BCUT2D eigenvalue weighted by molar-refractivity contribution is -0.111. The quantitative estimate of drug-likeness (QED) is 0.288. The first-order chi connectivity index (χ1) is 7.43. The smallest absolute Gasteiger partial charge is 0.237 e. The van der Waals surface area contributed by atoms with E-state index in [-0.39, 0.29) is 0 Å². The van der Waals surface area contributed by atoms with Crippen LogP contribution in [0.5, 0.6) is 17.2 Å². The molecular weight excluding hydrogens is 216 g/mol. The first kappa shape index (κ1) is 10.0. The zero-order chi connectivity index (χ0) is 12.0. The number of hydrogen-bond donors (Lipinski definition) is 4. The number of ketones is 2.